The van der Waals surface area contributed by atoms with E-state index >= 15 is 0 Å². The minimum atomic E-state index is 0.0469. The van der Waals surface area contributed by atoms with Crippen LogP contribution in [0.3, 0.4) is 0 Å². The third-order valence-electron chi connectivity index (χ3n) is 3.25. The molecule has 88 valence electrons. The highest BCUT2D eigenvalue weighted by molar-refractivity contribution is 7.80. The minimum Gasteiger partial charge on any atom is -0.496 e. The van der Waals surface area contributed by atoms with Crippen LogP contribution >= 0.6 is 12.6 Å². The summed E-state index contributed by atoms with van der Waals surface area (Å²) in [6.45, 7) is 5.69. The minimum absolute atomic E-state index is 0.0469. The van der Waals surface area contributed by atoms with Crippen molar-refractivity contribution in [1.82, 2.24) is 0 Å². The second kappa shape index (κ2) is 4.30. The molecule has 1 aromatic rings. The van der Waals surface area contributed by atoms with E-state index in [2.05, 4.69) is 38.6 Å². The molecule has 0 bridgehead atoms. The molecule has 1 aliphatic heterocycles. The lowest BCUT2D eigenvalue weighted by Gasteiger charge is -2.41. The van der Waals surface area contributed by atoms with E-state index in [4.69, 9.17) is 9.47 Å². The maximum Gasteiger partial charge on any atom is 0.125 e. The third kappa shape index (κ3) is 1.72. The highest BCUT2D eigenvalue weighted by atomic mass is 32.1. The normalized spacial score (nSPS) is 18.0. The van der Waals surface area contributed by atoms with Crippen molar-refractivity contribution >= 4 is 12.6 Å². The maximum atomic E-state index is 5.53. The van der Waals surface area contributed by atoms with E-state index in [1.54, 1.807) is 7.11 Å². The topological polar surface area (TPSA) is 18.5 Å². The lowest BCUT2D eigenvalue weighted by Crippen LogP contribution is -2.48. The van der Waals surface area contributed by atoms with E-state index in [0.717, 1.165) is 24.7 Å². The van der Waals surface area contributed by atoms with E-state index in [0.29, 0.717) is 0 Å². The van der Waals surface area contributed by atoms with Gasteiger partial charge in [-0.1, -0.05) is 17.7 Å². The largest absolute Gasteiger partial charge is 0.496 e. The van der Waals surface area contributed by atoms with Gasteiger partial charge in [-0.15, -0.1) is 0 Å². The predicted octanol–water partition coefficient (Wildman–Crippen LogP) is 2.51. The van der Waals surface area contributed by atoms with Crippen LogP contribution in [0.5, 0.6) is 5.75 Å². The van der Waals surface area contributed by atoms with Crippen LogP contribution in [-0.2, 0) is 10.2 Å². The summed E-state index contributed by atoms with van der Waals surface area (Å²) in [7, 11) is 1.73. The molecule has 3 heteroatoms. The number of methoxy groups -OCH3 is 1. The molecule has 2 rings (SSSR count). The highest BCUT2D eigenvalue weighted by Gasteiger charge is 2.41. The predicted molar refractivity (Wildman–Crippen MR) is 68.8 cm³/mol. The number of rotatable bonds is 3. The molecule has 0 aliphatic carbocycles. The summed E-state index contributed by atoms with van der Waals surface area (Å²) in [5.41, 5.74) is 3.74. The van der Waals surface area contributed by atoms with E-state index in [1.807, 2.05) is 0 Å². The van der Waals surface area contributed by atoms with Gasteiger partial charge in [0.2, 0.25) is 0 Å². The Kier molecular flexibility index (Phi) is 3.17. The second-order valence-corrected chi connectivity index (χ2v) is 4.91. The van der Waals surface area contributed by atoms with Gasteiger partial charge < -0.3 is 9.47 Å². The number of ether oxygens (including phenoxy) is 2. The molecule has 1 saturated heterocycles. The van der Waals surface area contributed by atoms with Crippen LogP contribution in [0.15, 0.2) is 12.1 Å². The fraction of sp³-hybridized carbons (Fsp3) is 0.538. The summed E-state index contributed by atoms with van der Waals surface area (Å²) in [6, 6.07) is 4.35. The van der Waals surface area contributed by atoms with E-state index in [9.17, 15) is 0 Å². The van der Waals surface area contributed by atoms with Gasteiger partial charge in [-0.2, -0.15) is 12.6 Å². The first-order valence-corrected chi connectivity index (χ1v) is 6.10. The number of thiol groups is 1. The lowest BCUT2D eigenvalue weighted by molar-refractivity contribution is -0.0480. The maximum absolute atomic E-state index is 5.53. The molecule has 0 atom stereocenters. The summed E-state index contributed by atoms with van der Waals surface area (Å²) in [4.78, 5) is 0. The van der Waals surface area contributed by atoms with Crippen LogP contribution in [0.1, 0.15) is 16.7 Å². The Bertz CT molecular complexity index is 392. The number of hydrogen-bond acceptors (Lipinski definition) is 3. The van der Waals surface area contributed by atoms with Gasteiger partial charge in [0.05, 0.1) is 25.7 Å². The van der Waals surface area contributed by atoms with Gasteiger partial charge in [-0.3, -0.25) is 0 Å². The van der Waals surface area contributed by atoms with E-state index in [-0.39, 0.29) is 5.41 Å². The standard InChI is InChI=1S/C13H18O2S/c1-9-4-10(2)12(14-3)11(5-9)13(8-16)6-15-7-13/h4-5,16H,6-8H2,1-3H3. The average molecular weight is 238 g/mol. The number of benzene rings is 1. The van der Waals surface area contributed by atoms with Crippen LogP contribution in [0.2, 0.25) is 0 Å². The van der Waals surface area contributed by atoms with Crippen molar-refractivity contribution in [2.24, 2.45) is 0 Å². The molecular formula is C13H18O2S. The van der Waals surface area contributed by atoms with Gasteiger partial charge in [0, 0.05) is 11.3 Å². The van der Waals surface area contributed by atoms with Crippen molar-refractivity contribution in [3.05, 3.63) is 28.8 Å². The van der Waals surface area contributed by atoms with Gasteiger partial charge in [-0.05, 0) is 19.4 Å². The Labute approximate surface area is 102 Å². The molecule has 0 radical (unpaired) electrons. The molecule has 0 unspecified atom stereocenters. The molecule has 0 spiro atoms. The zero-order valence-electron chi connectivity index (χ0n) is 10.0. The Morgan fingerprint density at radius 1 is 1.38 bits per heavy atom. The second-order valence-electron chi connectivity index (χ2n) is 4.59. The summed E-state index contributed by atoms with van der Waals surface area (Å²) >= 11 is 4.46. The Morgan fingerprint density at radius 2 is 2.06 bits per heavy atom. The molecule has 1 aromatic carbocycles. The van der Waals surface area contributed by atoms with Crippen molar-refractivity contribution < 1.29 is 9.47 Å². The van der Waals surface area contributed by atoms with E-state index < -0.39 is 0 Å². The lowest BCUT2D eigenvalue weighted by atomic mass is 9.78. The number of hydrogen-bond donors (Lipinski definition) is 1. The zero-order chi connectivity index (χ0) is 11.8. The molecule has 1 fully saturated rings. The van der Waals surface area contributed by atoms with Gasteiger partial charge >= 0.3 is 0 Å². The average Bonchev–Trinajstić information content (AvgIpc) is 2.16. The van der Waals surface area contributed by atoms with Crippen molar-refractivity contribution in [2.45, 2.75) is 19.3 Å². The summed E-state index contributed by atoms with van der Waals surface area (Å²) < 4.78 is 10.9. The van der Waals surface area contributed by atoms with Crippen LogP contribution in [0.4, 0.5) is 0 Å². The molecule has 2 nitrogen and oxygen atoms in total. The molecule has 0 amide bonds. The first kappa shape index (κ1) is 11.8. The van der Waals surface area contributed by atoms with E-state index in [1.165, 1.54) is 16.7 Å². The molecule has 0 aromatic heterocycles. The van der Waals surface area contributed by atoms with Crippen molar-refractivity contribution in [3.63, 3.8) is 0 Å². The Balaban J connectivity index is 2.53. The third-order valence-corrected chi connectivity index (χ3v) is 3.86. The van der Waals surface area contributed by atoms with Crippen LogP contribution in [0.25, 0.3) is 0 Å². The molecule has 1 aliphatic rings. The smallest absolute Gasteiger partial charge is 0.125 e. The first-order valence-electron chi connectivity index (χ1n) is 5.47. The fourth-order valence-corrected chi connectivity index (χ4v) is 2.65. The van der Waals surface area contributed by atoms with Crippen molar-refractivity contribution in [2.75, 3.05) is 26.1 Å². The molecule has 1 heterocycles. The summed E-state index contributed by atoms with van der Waals surface area (Å²) in [5, 5.41) is 0. The summed E-state index contributed by atoms with van der Waals surface area (Å²) in [6.07, 6.45) is 0. The SMILES string of the molecule is COc1c(C)cc(C)cc1C1(CS)COC1. The van der Waals surface area contributed by atoms with Crippen LogP contribution in [-0.4, -0.2) is 26.1 Å². The van der Waals surface area contributed by atoms with Gasteiger partial charge in [0.1, 0.15) is 5.75 Å². The Morgan fingerprint density at radius 3 is 2.50 bits per heavy atom. The molecule has 16 heavy (non-hydrogen) atoms. The molecular weight excluding hydrogens is 220 g/mol. The van der Waals surface area contributed by atoms with Crippen molar-refractivity contribution in [3.8, 4) is 5.75 Å². The zero-order valence-corrected chi connectivity index (χ0v) is 10.9. The monoisotopic (exact) mass is 238 g/mol. The van der Waals surface area contributed by atoms with Crippen LogP contribution in [0, 0.1) is 13.8 Å². The summed E-state index contributed by atoms with van der Waals surface area (Å²) in [5.74, 6) is 1.79. The van der Waals surface area contributed by atoms with Gasteiger partial charge in [0.25, 0.3) is 0 Å². The van der Waals surface area contributed by atoms with Gasteiger partial charge in [0.15, 0.2) is 0 Å². The number of aryl methyl sites for hydroxylation is 2. The quantitative estimate of drug-likeness (QED) is 0.816. The molecule has 0 saturated carbocycles. The molecule has 0 N–H and O–H groups in total. The Hall–Kier alpha value is -0.670. The van der Waals surface area contributed by atoms with Crippen LogP contribution < -0.4 is 4.74 Å². The highest BCUT2D eigenvalue weighted by Crippen LogP contribution is 2.40. The fourth-order valence-electron chi connectivity index (χ4n) is 2.30. The van der Waals surface area contributed by atoms with Gasteiger partial charge in [-0.25, -0.2) is 0 Å². The van der Waals surface area contributed by atoms with Crippen molar-refractivity contribution in [1.29, 1.82) is 0 Å². The first-order chi connectivity index (χ1) is 7.63.